The number of hydrogen-bond acceptors (Lipinski definition) is 1. The average molecular weight is 323 g/mol. The lowest BCUT2D eigenvalue weighted by Crippen LogP contribution is -2.66. The maximum Gasteiger partial charge on any atom is 0.262 e. The zero-order valence-electron chi connectivity index (χ0n) is 14.6. The molecule has 0 amide bonds. The van der Waals surface area contributed by atoms with Gasteiger partial charge in [-0.15, -0.1) is 5.92 Å². The van der Waals surface area contributed by atoms with E-state index in [0.29, 0.717) is 6.61 Å². The zero-order valence-corrected chi connectivity index (χ0v) is 15.6. The Kier molecular flexibility index (Phi) is 5.82. The maximum absolute atomic E-state index is 6.63. The van der Waals surface area contributed by atoms with Crippen LogP contribution in [0.3, 0.4) is 0 Å². The van der Waals surface area contributed by atoms with Gasteiger partial charge in [0.1, 0.15) is 0 Å². The summed E-state index contributed by atoms with van der Waals surface area (Å²) in [5, 5.41) is 2.62. The van der Waals surface area contributed by atoms with Crippen LogP contribution in [0.4, 0.5) is 0 Å². The third-order valence-corrected chi connectivity index (χ3v) is 9.06. The van der Waals surface area contributed by atoms with Crippen LogP contribution in [0.5, 0.6) is 0 Å². The topological polar surface area (TPSA) is 9.23 Å². The molecule has 2 heteroatoms. The summed E-state index contributed by atoms with van der Waals surface area (Å²) in [6, 6.07) is 21.4. The van der Waals surface area contributed by atoms with Gasteiger partial charge in [0.25, 0.3) is 8.32 Å². The predicted octanol–water partition coefficient (Wildman–Crippen LogP) is 3.98. The molecule has 0 saturated heterocycles. The molecule has 0 aromatic heterocycles. The Balaban J connectivity index is 2.59. The van der Waals surface area contributed by atoms with E-state index in [0.717, 1.165) is 6.42 Å². The van der Waals surface area contributed by atoms with E-state index in [4.69, 9.17) is 4.43 Å². The van der Waals surface area contributed by atoms with E-state index >= 15 is 0 Å². The van der Waals surface area contributed by atoms with Gasteiger partial charge in [-0.1, -0.05) is 94.3 Å². The van der Waals surface area contributed by atoms with Gasteiger partial charge in [-0.2, -0.15) is 0 Å². The summed E-state index contributed by atoms with van der Waals surface area (Å²) in [5.41, 5.74) is 0. The summed E-state index contributed by atoms with van der Waals surface area (Å²) in [4.78, 5) is 0. The first kappa shape index (κ1) is 17.5. The van der Waals surface area contributed by atoms with E-state index in [2.05, 4.69) is 100 Å². The fourth-order valence-electron chi connectivity index (χ4n) is 3.08. The summed E-state index contributed by atoms with van der Waals surface area (Å²) < 4.78 is 6.63. The first-order chi connectivity index (χ1) is 11.0. The highest BCUT2D eigenvalue weighted by atomic mass is 28.4. The van der Waals surface area contributed by atoms with Crippen LogP contribution in [0.25, 0.3) is 0 Å². The third-order valence-electron chi connectivity index (χ3n) is 4.08. The second kappa shape index (κ2) is 7.63. The summed E-state index contributed by atoms with van der Waals surface area (Å²) in [6.45, 7) is 9.41. The first-order valence-electron chi connectivity index (χ1n) is 8.23. The van der Waals surface area contributed by atoms with E-state index in [1.807, 2.05) is 0 Å². The number of benzene rings is 2. The second-order valence-electron chi connectivity index (χ2n) is 6.66. The lowest BCUT2D eigenvalue weighted by atomic mass is 10.2. The molecule has 2 rings (SSSR count). The minimum atomic E-state index is -2.40. The predicted molar refractivity (Wildman–Crippen MR) is 102 cm³/mol. The van der Waals surface area contributed by atoms with Gasteiger partial charge in [0, 0.05) is 6.42 Å². The van der Waals surface area contributed by atoms with Crippen molar-refractivity contribution in [2.75, 3.05) is 6.61 Å². The molecule has 0 spiro atoms. The van der Waals surface area contributed by atoms with Crippen LogP contribution >= 0.6 is 0 Å². The summed E-state index contributed by atoms with van der Waals surface area (Å²) >= 11 is 0. The largest absolute Gasteiger partial charge is 0.396 e. The molecule has 0 saturated carbocycles. The Hall–Kier alpha value is -1.82. The van der Waals surface area contributed by atoms with E-state index < -0.39 is 8.32 Å². The van der Waals surface area contributed by atoms with Gasteiger partial charge in [0.2, 0.25) is 0 Å². The monoisotopic (exact) mass is 322 g/mol. The van der Waals surface area contributed by atoms with E-state index in [1.54, 1.807) is 0 Å². The highest BCUT2D eigenvalue weighted by Crippen LogP contribution is 2.36. The molecule has 2 aromatic rings. The zero-order chi connectivity index (χ0) is 16.8. The summed E-state index contributed by atoms with van der Waals surface area (Å²) in [5.74, 6) is 6.29. The van der Waals surface area contributed by atoms with Gasteiger partial charge >= 0.3 is 0 Å². The number of hydrogen-bond donors (Lipinski definition) is 0. The average Bonchev–Trinajstić information content (AvgIpc) is 2.55. The molecule has 0 aliphatic heterocycles. The van der Waals surface area contributed by atoms with Gasteiger partial charge in [0.15, 0.2) is 0 Å². The van der Waals surface area contributed by atoms with Crippen molar-refractivity contribution < 1.29 is 4.43 Å². The summed E-state index contributed by atoms with van der Waals surface area (Å²) in [7, 11) is -2.40. The molecule has 0 fully saturated rings. The molecule has 23 heavy (non-hydrogen) atoms. The molecule has 0 unspecified atom stereocenters. The van der Waals surface area contributed by atoms with Crippen molar-refractivity contribution in [2.45, 2.75) is 39.2 Å². The van der Waals surface area contributed by atoms with Crippen molar-refractivity contribution in [2.24, 2.45) is 0 Å². The van der Waals surface area contributed by atoms with E-state index in [1.165, 1.54) is 10.4 Å². The van der Waals surface area contributed by atoms with E-state index in [9.17, 15) is 0 Å². The van der Waals surface area contributed by atoms with Gasteiger partial charge in [-0.25, -0.2) is 0 Å². The van der Waals surface area contributed by atoms with Crippen LogP contribution in [0.15, 0.2) is 60.7 Å². The Morgan fingerprint density at radius 1 is 0.826 bits per heavy atom. The lowest BCUT2D eigenvalue weighted by Gasteiger charge is -2.42. The SMILES string of the molecule is CCC#CCO[Si](c1ccccc1)(c1ccccc1)C(C)(C)C. The molecular formula is C21H26OSi. The molecule has 0 aliphatic carbocycles. The minimum Gasteiger partial charge on any atom is -0.396 e. The van der Waals surface area contributed by atoms with Gasteiger partial charge < -0.3 is 4.43 Å². The van der Waals surface area contributed by atoms with Crippen molar-refractivity contribution in [1.29, 1.82) is 0 Å². The van der Waals surface area contributed by atoms with Crippen molar-refractivity contribution in [3.05, 3.63) is 60.7 Å². The Bertz CT molecular complexity index is 620. The quantitative estimate of drug-likeness (QED) is 0.611. The Morgan fingerprint density at radius 2 is 1.30 bits per heavy atom. The minimum absolute atomic E-state index is 0.0175. The molecular weight excluding hydrogens is 296 g/mol. The summed E-state index contributed by atoms with van der Waals surface area (Å²) in [6.07, 6.45) is 0.865. The van der Waals surface area contributed by atoms with Gasteiger partial charge in [-0.05, 0) is 15.4 Å². The van der Waals surface area contributed by atoms with Crippen molar-refractivity contribution >= 4 is 18.7 Å². The highest BCUT2D eigenvalue weighted by molar-refractivity contribution is 6.99. The third kappa shape index (κ3) is 3.75. The molecule has 2 aromatic carbocycles. The highest BCUT2D eigenvalue weighted by Gasteiger charge is 2.49. The van der Waals surface area contributed by atoms with Crippen LogP contribution in [0, 0.1) is 11.8 Å². The van der Waals surface area contributed by atoms with Crippen LogP contribution in [-0.2, 0) is 4.43 Å². The van der Waals surface area contributed by atoms with Gasteiger partial charge in [0.05, 0.1) is 6.61 Å². The second-order valence-corrected chi connectivity index (χ2v) is 11.0. The maximum atomic E-state index is 6.63. The molecule has 0 aliphatic rings. The van der Waals surface area contributed by atoms with Crippen LogP contribution < -0.4 is 10.4 Å². The molecule has 0 radical (unpaired) electrons. The van der Waals surface area contributed by atoms with Crippen molar-refractivity contribution in [1.82, 2.24) is 0 Å². The molecule has 0 N–H and O–H groups in total. The van der Waals surface area contributed by atoms with Crippen molar-refractivity contribution in [3.63, 3.8) is 0 Å². The normalized spacial score (nSPS) is 11.7. The smallest absolute Gasteiger partial charge is 0.262 e. The first-order valence-corrected chi connectivity index (χ1v) is 10.1. The number of rotatable bonds is 4. The standard InChI is InChI=1S/C21H26OSi/c1-5-6-13-18-22-23(21(2,3)4,19-14-9-7-10-15-19)20-16-11-8-12-17-20/h7-12,14-17H,5,18H2,1-4H3. The molecule has 0 atom stereocenters. The van der Waals surface area contributed by atoms with Crippen LogP contribution in [-0.4, -0.2) is 14.9 Å². The van der Waals surface area contributed by atoms with Crippen LogP contribution in [0.1, 0.15) is 34.1 Å². The van der Waals surface area contributed by atoms with Crippen LogP contribution in [0.2, 0.25) is 5.04 Å². The Morgan fingerprint density at radius 3 is 1.70 bits per heavy atom. The molecule has 120 valence electrons. The fraction of sp³-hybridized carbons (Fsp3) is 0.333. The fourth-order valence-corrected chi connectivity index (χ4v) is 7.53. The van der Waals surface area contributed by atoms with E-state index in [-0.39, 0.29) is 5.04 Å². The Labute approximate surface area is 141 Å². The lowest BCUT2D eigenvalue weighted by molar-refractivity contribution is 0.346. The van der Waals surface area contributed by atoms with Crippen molar-refractivity contribution in [3.8, 4) is 11.8 Å². The molecule has 0 heterocycles. The molecule has 0 bridgehead atoms. The molecule has 1 nitrogen and oxygen atoms in total. The van der Waals surface area contributed by atoms with Gasteiger partial charge in [-0.3, -0.25) is 0 Å².